The van der Waals surface area contributed by atoms with Gasteiger partial charge in [0.25, 0.3) is 0 Å². The number of hydrogen-bond donors (Lipinski definition) is 1. The normalized spacial score (nSPS) is 11.8. The lowest BCUT2D eigenvalue weighted by molar-refractivity contribution is -0.116. The van der Waals surface area contributed by atoms with Crippen LogP contribution in [0.15, 0.2) is 22.4 Å². The van der Waals surface area contributed by atoms with Crippen LogP contribution in [0.4, 0.5) is 5.13 Å². The van der Waals surface area contributed by atoms with E-state index in [4.69, 9.17) is 4.74 Å². The molecule has 0 saturated heterocycles. The molecule has 0 aliphatic carbocycles. The van der Waals surface area contributed by atoms with Gasteiger partial charge in [0.1, 0.15) is 0 Å². The first-order chi connectivity index (χ1) is 12.6. The van der Waals surface area contributed by atoms with Crippen molar-refractivity contribution in [3.05, 3.63) is 39.9 Å². The number of amides is 1. The quantitative estimate of drug-likeness (QED) is 0.721. The van der Waals surface area contributed by atoms with E-state index in [1.807, 2.05) is 31.4 Å². The second-order valence-corrected chi connectivity index (χ2v) is 9.13. The zero-order chi connectivity index (χ0) is 20.2. The van der Waals surface area contributed by atoms with Crippen LogP contribution in [0.25, 0.3) is 0 Å². The van der Waals surface area contributed by atoms with Gasteiger partial charge in [-0.3, -0.25) is 4.79 Å². The Labute approximate surface area is 164 Å². The molecule has 0 aliphatic heterocycles. The maximum atomic E-state index is 13.3. The summed E-state index contributed by atoms with van der Waals surface area (Å²) >= 11 is 1.30. The lowest BCUT2D eigenvalue weighted by atomic mass is 10.1. The Morgan fingerprint density at radius 1 is 1.22 bits per heavy atom. The predicted octanol–water partition coefficient (Wildman–Crippen LogP) is 2.65. The first-order valence-electron chi connectivity index (χ1n) is 8.44. The van der Waals surface area contributed by atoms with Crippen molar-refractivity contribution in [3.63, 3.8) is 0 Å². The maximum Gasteiger partial charge on any atom is 0.244 e. The SMILES string of the molecule is COCCN(CC(=O)Nc1nc(C)cs1)S(=O)(=O)c1c(C)cc(C)cc1C. The molecule has 0 spiro atoms. The highest BCUT2D eigenvalue weighted by molar-refractivity contribution is 7.89. The molecule has 1 N–H and O–H groups in total. The van der Waals surface area contributed by atoms with Crippen molar-refractivity contribution in [2.24, 2.45) is 0 Å². The highest BCUT2D eigenvalue weighted by Gasteiger charge is 2.29. The molecule has 1 aromatic heterocycles. The molecule has 0 fully saturated rings. The number of nitrogens with zero attached hydrogens (tertiary/aromatic N) is 2. The monoisotopic (exact) mass is 411 g/mol. The van der Waals surface area contributed by atoms with Gasteiger partial charge in [0.2, 0.25) is 15.9 Å². The zero-order valence-corrected chi connectivity index (χ0v) is 17.8. The van der Waals surface area contributed by atoms with E-state index in [-0.39, 0.29) is 24.6 Å². The largest absolute Gasteiger partial charge is 0.383 e. The van der Waals surface area contributed by atoms with Gasteiger partial charge in [0, 0.05) is 19.0 Å². The van der Waals surface area contributed by atoms with E-state index in [0.717, 1.165) is 15.6 Å². The summed E-state index contributed by atoms with van der Waals surface area (Å²) in [7, 11) is -2.37. The first kappa shape index (κ1) is 21.5. The molecule has 0 radical (unpaired) electrons. The maximum absolute atomic E-state index is 13.3. The van der Waals surface area contributed by atoms with E-state index in [9.17, 15) is 13.2 Å². The molecule has 27 heavy (non-hydrogen) atoms. The van der Waals surface area contributed by atoms with Crippen molar-refractivity contribution < 1.29 is 17.9 Å². The standard InChI is InChI=1S/C18H25N3O4S2/c1-12-8-13(2)17(14(3)9-12)27(23,24)21(6-7-25-5)10-16(22)20-18-19-15(4)11-26-18/h8-9,11H,6-7,10H2,1-5H3,(H,19,20,22). The Hall–Kier alpha value is -1.81. The summed E-state index contributed by atoms with van der Waals surface area (Å²) in [6.45, 7) is 7.23. The van der Waals surface area contributed by atoms with Gasteiger partial charge in [0.05, 0.1) is 23.7 Å². The van der Waals surface area contributed by atoms with Crippen LogP contribution in [0.5, 0.6) is 0 Å². The minimum absolute atomic E-state index is 0.0793. The summed E-state index contributed by atoms with van der Waals surface area (Å²) in [6, 6.07) is 3.65. The lowest BCUT2D eigenvalue weighted by Crippen LogP contribution is -2.40. The van der Waals surface area contributed by atoms with E-state index in [2.05, 4.69) is 10.3 Å². The number of aryl methyl sites for hydroxylation is 4. The van der Waals surface area contributed by atoms with Gasteiger partial charge < -0.3 is 10.1 Å². The Bertz CT molecular complexity index is 899. The van der Waals surface area contributed by atoms with Crippen LogP contribution in [-0.4, -0.2) is 50.4 Å². The Morgan fingerprint density at radius 3 is 2.37 bits per heavy atom. The molecule has 0 unspecified atom stereocenters. The Morgan fingerprint density at radius 2 is 1.85 bits per heavy atom. The fourth-order valence-corrected chi connectivity index (χ4v) is 5.41. The number of carbonyl (C=O) groups excluding carboxylic acids is 1. The third kappa shape index (κ3) is 5.35. The van der Waals surface area contributed by atoms with Gasteiger partial charge in [-0.15, -0.1) is 11.3 Å². The Balaban J connectivity index is 2.30. The second kappa shape index (κ2) is 8.92. The number of aromatic nitrogens is 1. The number of hydrogen-bond acceptors (Lipinski definition) is 6. The highest BCUT2D eigenvalue weighted by atomic mass is 32.2. The van der Waals surface area contributed by atoms with Crippen LogP contribution in [0.1, 0.15) is 22.4 Å². The van der Waals surface area contributed by atoms with Crippen molar-refractivity contribution in [1.82, 2.24) is 9.29 Å². The van der Waals surface area contributed by atoms with Crippen molar-refractivity contribution in [2.45, 2.75) is 32.6 Å². The smallest absolute Gasteiger partial charge is 0.244 e. The van der Waals surface area contributed by atoms with Gasteiger partial charge in [-0.1, -0.05) is 17.7 Å². The number of nitrogens with one attached hydrogen (secondary N) is 1. The van der Waals surface area contributed by atoms with Gasteiger partial charge in [0.15, 0.2) is 5.13 Å². The summed E-state index contributed by atoms with van der Waals surface area (Å²) in [5.74, 6) is -0.438. The number of rotatable bonds is 8. The average molecular weight is 412 g/mol. The van der Waals surface area contributed by atoms with Crippen LogP contribution < -0.4 is 5.32 Å². The predicted molar refractivity (Wildman–Crippen MR) is 107 cm³/mol. The van der Waals surface area contributed by atoms with Gasteiger partial charge in [-0.25, -0.2) is 13.4 Å². The molecule has 0 atom stereocenters. The molecule has 7 nitrogen and oxygen atoms in total. The zero-order valence-electron chi connectivity index (χ0n) is 16.2. The van der Waals surface area contributed by atoms with E-state index in [1.54, 1.807) is 13.8 Å². The molecule has 1 amide bonds. The number of ether oxygens (including phenoxy) is 1. The van der Waals surface area contributed by atoms with Crippen molar-refractivity contribution in [2.75, 3.05) is 32.1 Å². The molecule has 2 rings (SSSR count). The number of sulfonamides is 1. The number of thiazole rings is 1. The highest BCUT2D eigenvalue weighted by Crippen LogP contribution is 2.25. The summed E-state index contributed by atoms with van der Waals surface area (Å²) < 4.78 is 32.7. The third-order valence-corrected chi connectivity index (χ3v) is 6.96. The van der Waals surface area contributed by atoms with Gasteiger partial charge >= 0.3 is 0 Å². The van der Waals surface area contributed by atoms with Crippen LogP contribution in [0.3, 0.4) is 0 Å². The number of anilines is 1. The molecule has 9 heteroatoms. The van der Waals surface area contributed by atoms with E-state index >= 15 is 0 Å². The molecular formula is C18H25N3O4S2. The van der Waals surface area contributed by atoms with Gasteiger partial charge in [-0.2, -0.15) is 4.31 Å². The molecular weight excluding hydrogens is 386 g/mol. The summed E-state index contributed by atoms with van der Waals surface area (Å²) in [5.41, 5.74) is 3.10. The fraction of sp³-hybridized carbons (Fsp3) is 0.444. The van der Waals surface area contributed by atoms with Crippen LogP contribution in [0, 0.1) is 27.7 Å². The third-order valence-electron chi connectivity index (χ3n) is 3.93. The van der Waals surface area contributed by atoms with Gasteiger partial charge in [-0.05, 0) is 38.8 Å². The molecule has 0 bridgehead atoms. The van der Waals surface area contributed by atoms with Crippen molar-refractivity contribution in [3.8, 4) is 0 Å². The number of benzene rings is 1. The molecule has 1 heterocycles. The first-order valence-corrected chi connectivity index (χ1v) is 10.8. The van der Waals surface area contributed by atoms with Crippen LogP contribution in [-0.2, 0) is 19.6 Å². The summed E-state index contributed by atoms with van der Waals surface area (Å²) in [5, 5.41) is 4.92. The molecule has 1 aromatic carbocycles. The number of methoxy groups -OCH3 is 1. The van der Waals surface area contributed by atoms with E-state index < -0.39 is 15.9 Å². The minimum Gasteiger partial charge on any atom is -0.383 e. The molecule has 0 aliphatic rings. The summed E-state index contributed by atoms with van der Waals surface area (Å²) in [6.07, 6.45) is 0. The van der Waals surface area contributed by atoms with E-state index in [1.165, 1.54) is 18.4 Å². The minimum atomic E-state index is -3.86. The van der Waals surface area contributed by atoms with E-state index in [0.29, 0.717) is 16.3 Å². The molecule has 148 valence electrons. The van der Waals surface area contributed by atoms with Crippen LogP contribution >= 0.6 is 11.3 Å². The summed E-state index contributed by atoms with van der Waals surface area (Å²) in [4.78, 5) is 16.8. The molecule has 0 saturated carbocycles. The fourth-order valence-electron chi connectivity index (χ4n) is 2.91. The topological polar surface area (TPSA) is 88.6 Å². The number of carbonyl (C=O) groups is 1. The van der Waals surface area contributed by atoms with Crippen LogP contribution in [0.2, 0.25) is 0 Å². The lowest BCUT2D eigenvalue weighted by Gasteiger charge is -2.23. The van der Waals surface area contributed by atoms with Crippen molar-refractivity contribution in [1.29, 1.82) is 0 Å². The molecule has 2 aromatic rings. The average Bonchev–Trinajstić information content (AvgIpc) is 2.94. The van der Waals surface area contributed by atoms with Crippen molar-refractivity contribution >= 4 is 32.4 Å². The second-order valence-electron chi connectivity index (χ2n) is 6.40. The Kier molecular flexibility index (Phi) is 7.10.